The Morgan fingerprint density at radius 3 is 1.10 bits per heavy atom. The molecule has 0 bridgehead atoms. The minimum Gasteiger partial charge on any atom is -0.497 e. The number of hydrogen-bond acceptors (Lipinski definition) is 8. The Labute approximate surface area is 437 Å². The molecule has 10 rings (SSSR count). The minimum absolute atomic E-state index is 0.0196. The van der Waals surface area contributed by atoms with Gasteiger partial charge in [0.2, 0.25) is 0 Å². The maximum absolute atomic E-state index is 14.3. The largest absolute Gasteiger partial charge is 0.497 e. The second kappa shape index (κ2) is 20.9. The summed E-state index contributed by atoms with van der Waals surface area (Å²) < 4.78 is 77.5. The molecule has 2 fully saturated rings. The van der Waals surface area contributed by atoms with Crippen molar-refractivity contribution in [1.29, 1.82) is 0 Å². The maximum Gasteiger partial charge on any atom is 0.283 e. The van der Waals surface area contributed by atoms with Gasteiger partial charge in [-0.2, -0.15) is 16.8 Å². The Morgan fingerprint density at radius 2 is 0.750 bits per heavy atom. The number of sulfonamides is 2. The number of methoxy groups -OCH3 is 2. The Kier molecular flexibility index (Phi) is 14.3. The molecule has 10 nitrogen and oxygen atoms in total. The maximum atomic E-state index is 14.3. The van der Waals surface area contributed by atoms with Crippen LogP contribution < -0.4 is 19.3 Å². The van der Waals surface area contributed by atoms with E-state index in [4.69, 9.17) is 32.7 Å². The van der Waals surface area contributed by atoms with Gasteiger partial charge in [0.05, 0.1) is 59.3 Å². The molecule has 2 aliphatic heterocycles. The van der Waals surface area contributed by atoms with Crippen LogP contribution in [0.15, 0.2) is 235 Å². The lowest BCUT2D eigenvalue weighted by Crippen LogP contribution is -2.54. The van der Waals surface area contributed by atoms with E-state index in [9.17, 15) is 16.8 Å². The van der Waals surface area contributed by atoms with Crippen molar-refractivity contribution in [2.24, 2.45) is 8.80 Å². The molecule has 0 aliphatic carbocycles. The van der Waals surface area contributed by atoms with E-state index >= 15 is 0 Å². The van der Waals surface area contributed by atoms with E-state index < -0.39 is 31.9 Å². The lowest BCUT2D eigenvalue weighted by Gasteiger charge is -2.51. The van der Waals surface area contributed by atoms with Crippen molar-refractivity contribution in [3.8, 4) is 11.5 Å². The van der Waals surface area contributed by atoms with Crippen LogP contribution in [0.3, 0.4) is 0 Å². The Morgan fingerprint density at radius 1 is 0.417 bits per heavy atom. The van der Waals surface area contributed by atoms with Gasteiger partial charge in [0.1, 0.15) is 23.2 Å². The fourth-order valence-electron chi connectivity index (χ4n) is 9.13. The van der Waals surface area contributed by atoms with E-state index in [2.05, 4.69) is 8.80 Å². The molecule has 72 heavy (non-hydrogen) atoms. The second-order valence-electron chi connectivity index (χ2n) is 16.8. The summed E-state index contributed by atoms with van der Waals surface area (Å²) in [4.78, 5) is 5.71. The number of benzene rings is 8. The SMILES string of the molecule is COc1ccc(C2C(c3ccccc3)/C(=N/S(=O)(=O)c3ccc(Cl)cc3)N2c2ccccc2SSc2ccccc2N2/C(=N\S(=O)(=O)c3ccc(Cl)cc3)C(c3ccccc3)C2c2ccc(OC)cc2)cc1. The van der Waals surface area contributed by atoms with Crippen molar-refractivity contribution in [3.63, 3.8) is 0 Å². The second-order valence-corrected chi connectivity index (χ2v) is 23.1. The average molecular weight is 1070 g/mol. The Hall–Kier alpha value is -6.52. The molecule has 362 valence electrons. The van der Waals surface area contributed by atoms with Crippen LogP contribution in [0.4, 0.5) is 11.4 Å². The molecule has 0 saturated carbocycles. The van der Waals surface area contributed by atoms with Gasteiger partial charge in [-0.05, 0) is 119 Å². The van der Waals surface area contributed by atoms with Crippen LogP contribution in [0, 0.1) is 0 Å². The van der Waals surface area contributed by atoms with Crippen molar-refractivity contribution < 1.29 is 26.3 Å². The van der Waals surface area contributed by atoms with Crippen molar-refractivity contribution in [2.45, 2.75) is 43.5 Å². The highest BCUT2D eigenvalue weighted by atomic mass is 35.5. The van der Waals surface area contributed by atoms with Crippen LogP contribution in [-0.4, -0.2) is 42.7 Å². The van der Waals surface area contributed by atoms with Gasteiger partial charge in [0.25, 0.3) is 20.0 Å². The molecule has 0 spiro atoms. The number of rotatable bonds is 15. The smallest absolute Gasteiger partial charge is 0.283 e. The van der Waals surface area contributed by atoms with E-state index in [1.54, 1.807) is 14.2 Å². The number of para-hydroxylation sites is 2. The zero-order chi connectivity index (χ0) is 50.0. The highest BCUT2D eigenvalue weighted by Gasteiger charge is 2.51. The van der Waals surface area contributed by atoms with Crippen molar-refractivity contribution in [1.82, 2.24) is 0 Å². The number of ether oxygens (including phenoxy) is 2. The summed E-state index contributed by atoms with van der Waals surface area (Å²) in [6, 6.07) is 62.1. The Bertz CT molecular complexity index is 3280. The van der Waals surface area contributed by atoms with Crippen LogP contribution in [0.2, 0.25) is 10.0 Å². The molecular formula is C56H44Cl2N4O6S4. The molecule has 2 heterocycles. The fourth-order valence-corrected chi connectivity index (χ4v) is 13.8. The first-order valence-electron chi connectivity index (χ1n) is 22.6. The van der Waals surface area contributed by atoms with Gasteiger partial charge in [-0.1, -0.05) is 154 Å². The van der Waals surface area contributed by atoms with Crippen LogP contribution >= 0.6 is 44.8 Å². The highest BCUT2D eigenvalue weighted by Crippen LogP contribution is 2.57. The third-order valence-corrected chi connectivity index (χ3v) is 18.1. The molecule has 4 unspecified atom stereocenters. The van der Waals surface area contributed by atoms with Gasteiger partial charge < -0.3 is 19.3 Å². The predicted octanol–water partition coefficient (Wildman–Crippen LogP) is 14.1. The van der Waals surface area contributed by atoms with Crippen LogP contribution in [0.1, 0.15) is 46.2 Å². The molecule has 8 aromatic rings. The molecule has 0 radical (unpaired) electrons. The predicted molar refractivity (Wildman–Crippen MR) is 292 cm³/mol. The lowest BCUT2D eigenvalue weighted by molar-refractivity contribution is 0.414. The molecule has 4 atom stereocenters. The summed E-state index contributed by atoms with van der Waals surface area (Å²) in [7, 11) is -2.23. The van der Waals surface area contributed by atoms with Gasteiger partial charge >= 0.3 is 0 Å². The van der Waals surface area contributed by atoms with Crippen LogP contribution in [-0.2, 0) is 20.0 Å². The molecule has 8 aromatic carbocycles. The molecule has 2 saturated heterocycles. The first-order valence-corrected chi connectivity index (χ1v) is 28.4. The summed E-state index contributed by atoms with van der Waals surface area (Å²) in [5, 5.41) is 0.818. The van der Waals surface area contributed by atoms with E-state index in [1.807, 2.05) is 168 Å². The van der Waals surface area contributed by atoms with Gasteiger partial charge in [-0.25, -0.2) is 0 Å². The topological polar surface area (TPSA) is 118 Å². The summed E-state index contributed by atoms with van der Waals surface area (Å²) in [6.07, 6.45) is 0. The molecule has 0 amide bonds. The average Bonchev–Trinajstić information content (AvgIpc) is 3.40. The number of halogens is 2. The van der Waals surface area contributed by atoms with Crippen molar-refractivity contribution in [3.05, 3.63) is 239 Å². The molecule has 16 heteroatoms. The highest BCUT2D eigenvalue weighted by molar-refractivity contribution is 8.76. The first kappa shape index (κ1) is 49.1. The standard InChI is InChI=1S/C56H44Cl2N4O6S4/c1-67-43-29-21-39(22-30-43)53-51(37-13-5-3-6-14-37)55(59-71(63,64)45-33-25-41(57)26-34-45)61(53)47-17-9-11-19-49(47)69-70-50-20-12-10-18-48(50)62-54(40-23-31-44(68-2)32-24-40)52(38-15-7-4-8-16-38)56(62)60-72(65,66)46-35-27-42(58)28-36-46/h3-36,51-54H,1-2H3/b59-55-,60-56-. The van der Waals surface area contributed by atoms with Gasteiger partial charge in [-0.3, -0.25) is 0 Å². The third kappa shape index (κ3) is 9.87. The molecule has 0 N–H and O–H groups in total. The van der Waals surface area contributed by atoms with Gasteiger partial charge in [-0.15, -0.1) is 8.80 Å². The van der Waals surface area contributed by atoms with E-state index in [0.717, 1.165) is 43.4 Å². The summed E-state index contributed by atoms with van der Waals surface area (Å²) >= 11 is 12.4. The number of amidine groups is 2. The summed E-state index contributed by atoms with van der Waals surface area (Å²) in [5.74, 6) is 1.19. The van der Waals surface area contributed by atoms with Crippen molar-refractivity contribution in [2.75, 3.05) is 24.0 Å². The lowest BCUT2D eigenvalue weighted by atomic mass is 9.77. The third-order valence-electron chi connectivity index (χ3n) is 12.6. The fraction of sp³-hybridized carbons (Fsp3) is 0.107. The van der Waals surface area contributed by atoms with E-state index in [-0.39, 0.29) is 21.9 Å². The molecular weight excluding hydrogens is 1020 g/mol. The Balaban J connectivity index is 1.08. The zero-order valence-electron chi connectivity index (χ0n) is 38.6. The molecule has 0 aromatic heterocycles. The zero-order valence-corrected chi connectivity index (χ0v) is 43.3. The minimum atomic E-state index is -4.23. The number of nitrogens with zero attached hydrogens (tertiary/aromatic N) is 4. The van der Waals surface area contributed by atoms with Gasteiger partial charge in [0, 0.05) is 19.8 Å². The number of hydrogen-bond donors (Lipinski definition) is 0. The first-order chi connectivity index (χ1) is 34.9. The van der Waals surface area contributed by atoms with Crippen LogP contribution in [0.5, 0.6) is 11.5 Å². The van der Waals surface area contributed by atoms with E-state index in [0.29, 0.717) is 33.2 Å². The normalized spacial score (nSPS) is 18.9. The van der Waals surface area contributed by atoms with Crippen molar-refractivity contribution >= 4 is 87.9 Å². The van der Waals surface area contributed by atoms with Crippen LogP contribution in [0.25, 0.3) is 0 Å². The van der Waals surface area contributed by atoms with E-state index in [1.165, 1.54) is 70.1 Å². The molecule has 2 aliphatic rings. The number of anilines is 2. The quantitative estimate of drug-likeness (QED) is 0.0918. The summed E-state index contributed by atoms with van der Waals surface area (Å²) in [5.41, 5.74) is 5.15. The monoisotopic (exact) mass is 1070 g/mol. The van der Waals surface area contributed by atoms with Gasteiger partial charge in [0.15, 0.2) is 0 Å². The summed E-state index contributed by atoms with van der Waals surface area (Å²) in [6.45, 7) is 0.